The van der Waals surface area contributed by atoms with E-state index in [1.807, 2.05) is 23.2 Å². The zero-order valence-electron chi connectivity index (χ0n) is 23.2. The van der Waals surface area contributed by atoms with Crippen LogP contribution in [0, 0.1) is 0 Å². The smallest absolute Gasteiger partial charge is 0.416 e. The molecule has 0 radical (unpaired) electrons. The van der Waals surface area contributed by atoms with E-state index in [4.69, 9.17) is 9.47 Å². The number of hydrazine groups is 2. The van der Waals surface area contributed by atoms with E-state index in [-0.39, 0.29) is 23.8 Å². The van der Waals surface area contributed by atoms with Gasteiger partial charge in [0.05, 0.1) is 24.0 Å². The average Bonchev–Trinajstić information content (AvgIpc) is 3.63. The molecule has 0 fully saturated rings. The van der Waals surface area contributed by atoms with Crippen molar-refractivity contribution in [3.63, 3.8) is 0 Å². The number of pyridine rings is 1. The van der Waals surface area contributed by atoms with Crippen molar-refractivity contribution in [2.24, 2.45) is 0 Å². The minimum Gasteiger partial charge on any atom is -0.486 e. The molecule has 0 saturated carbocycles. The van der Waals surface area contributed by atoms with Crippen molar-refractivity contribution in [2.45, 2.75) is 38.7 Å². The van der Waals surface area contributed by atoms with Gasteiger partial charge in [-0.3, -0.25) is 29.7 Å². The minimum atomic E-state index is -4.49. The molecule has 0 saturated heterocycles. The van der Waals surface area contributed by atoms with Crippen molar-refractivity contribution >= 4 is 11.8 Å². The van der Waals surface area contributed by atoms with Gasteiger partial charge in [-0.05, 0) is 42.7 Å². The predicted octanol–water partition coefficient (Wildman–Crippen LogP) is 2.00. The molecule has 0 atom stereocenters. The van der Waals surface area contributed by atoms with Crippen LogP contribution < -0.4 is 25.5 Å². The molecule has 0 spiro atoms. The lowest BCUT2D eigenvalue weighted by molar-refractivity contribution is -0.137. The first-order valence-electron chi connectivity index (χ1n) is 13.5. The summed E-state index contributed by atoms with van der Waals surface area (Å²) in [6.45, 7) is 2.27. The monoisotopic (exact) mass is 601 g/mol. The number of benzene rings is 1. The summed E-state index contributed by atoms with van der Waals surface area (Å²) in [7, 11) is 1.80. The summed E-state index contributed by atoms with van der Waals surface area (Å²) < 4.78 is 51.2. The summed E-state index contributed by atoms with van der Waals surface area (Å²) >= 11 is 0. The number of halogens is 3. The van der Waals surface area contributed by atoms with Crippen LogP contribution in [-0.4, -0.2) is 68.7 Å². The Labute approximate surface area is 244 Å². The molecule has 5 rings (SSSR count). The van der Waals surface area contributed by atoms with E-state index in [2.05, 4.69) is 31.4 Å². The highest BCUT2D eigenvalue weighted by Gasteiger charge is 2.30. The molecule has 228 valence electrons. The van der Waals surface area contributed by atoms with E-state index in [9.17, 15) is 22.8 Å². The Morgan fingerprint density at radius 2 is 1.77 bits per heavy atom. The van der Waals surface area contributed by atoms with Gasteiger partial charge < -0.3 is 20.1 Å². The highest BCUT2D eigenvalue weighted by molar-refractivity contribution is 5.93. The molecular weight excluding hydrogens is 571 g/mol. The summed E-state index contributed by atoms with van der Waals surface area (Å²) in [6, 6.07) is 7.32. The first kappa shape index (κ1) is 29.6. The van der Waals surface area contributed by atoms with Gasteiger partial charge in [-0.15, -0.1) is 10.2 Å². The Bertz CT molecular complexity index is 1490. The highest BCUT2D eigenvalue weighted by Crippen LogP contribution is 2.31. The summed E-state index contributed by atoms with van der Waals surface area (Å²) in [6.07, 6.45) is 1.22. The van der Waals surface area contributed by atoms with Crippen molar-refractivity contribution < 1.29 is 32.2 Å². The van der Waals surface area contributed by atoms with Gasteiger partial charge >= 0.3 is 6.18 Å². The number of aryl methyl sites for hydroxylation is 1. The van der Waals surface area contributed by atoms with Gasteiger partial charge in [0.1, 0.15) is 18.9 Å². The Balaban J connectivity index is 1.03. The molecule has 43 heavy (non-hydrogen) atoms. The first-order chi connectivity index (χ1) is 20.7. The number of carbonyl (C=O) groups excluding carboxylic acids is 2. The average molecular weight is 602 g/mol. The highest BCUT2D eigenvalue weighted by atomic mass is 19.4. The third-order valence-corrected chi connectivity index (χ3v) is 6.62. The molecule has 2 aliphatic rings. The number of carbonyl (C=O) groups is 2. The van der Waals surface area contributed by atoms with Crippen LogP contribution in [0.25, 0.3) is 0 Å². The third kappa shape index (κ3) is 7.71. The number of unbranched alkanes of at least 4 members (excludes halogenated alkanes) is 1. The molecule has 2 amide bonds. The van der Waals surface area contributed by atoms with Gasteiger partial charge in [-0.2, -0.15) is 13.2 Å². The number of rotatable bonds is 11. The topological polar surface area (TPSA) is 139 Å². The minimum absolute atomic E-state index is 0.0466. The summed E-state index contributed by atoms with van der Waals surface area (Å²) in [5, 5.41) is 16.8. The molecule has 16 heteroatoms. The number of aromatic nitrogens is 4. The van der Waals surface area contributed by atoms with Crippen LogP contribution in [0.1, 0.15) is 40.2 Å². The van der Waals surface area contributed by atoms with E-state index < -0.39 is 17.6 Å². The second-order valence-electron chi connectivity index (χ2n) is 9.79. The zero-order valence-corrected chi connectivity index (χ0v) is 23.2. The van der Waals surface area contributed by atoms with Gasteiger partial charge in [-0.25, -0.2) is 0 Å². The Morgan fingerprint density at radius 3 is 2.58 bits per heavy atom. The number of amides is 2. The van der Waals surface area contributed by atoms with Crippen molar-refractivity contribution in [3.05, 3.63) is 77.1 Å². The lowest BCUT2D eigenvalue weighted by Crippen LogP contribution is -2.41. The molecule has 13 nitrogen and oxygen atoms in total. The Kier molecular flexibility index (Phi) is 8.94. The molecule has 4 heterocycles. The molecule has 2 aromatic heterocycles. The molecular formula is C27H30F3N9O4. The first-order valence-corrected chi connectivity index (χ1v) is 13.5. The third-order valence-electron chi connectivity index (χ3n) is 6.62. The molecule has 0 aliphatic carbocycles. The van der Waals surface area contributed by atoms with Gasteiger partial charge in [0.2, 0.25) is 0 Å². The van der Waals surface area contributed by atoms with E-state index >= 15 is 0 Å². The number of nitrogens with one attached hydrogen (secondary N) is 3. The number of fused-ring (bicyclic) bond motifs is 1. The molecule has 3 N–H and O–H groups in total. The largest absolute Gasteiger partial charge is 0.486 e. The normalized spacial score (nSPS) is 14.7. The molecule has 0 bridgehead atoms. The predicted molar refractivity (Wildman–Crippen MR) is 145 cm³/mol. The quantitative estimate of drug-likeness (QED) is 0.280. The van der Waals surface area contributed by atoms with E-state index in [1.165, 1.54) is 10.9 Å². The SMILES string of the molecule is CN1NC(C(=O)NCc2ccc3c(c2)OCCO3)=CN1CCCCn1cc(C(=O)NCc2cc(C(F)(F)F)ccn2)nn1. The van der Waals surface area contributed by atoms with Crippen LogP contribution in [0.5, 0.6) is 11.5 Å². The Morgan fingerprint density at radius 1 is 1.00 bits per heavy atom. The number of ether oxygens (including phenoxy) is 2. The molecule has 1 aromatic carbocycles. The van der Waals surface area contributed by atoms with Crippen molar-refractivity contribution in [2.75, 3.05) is 26.8 Å². The standard InChI is InChI=1S/C27H30F3N9O4/c1-37-35-22(26(41)32-14-18-4-5-23-24(12-18)43-11-10-42-23)17-39(37)9-3-2-8-38-16-21(34-36-38)25(40)33-15-20-13-19(6-7-31-20)27(28,29)30/h4-7,12-13,16-17,35H,2-3,8-11,14-15H2,1H3,(H,32,41)(H,33,40). The van der Waals surface area contributed by atoms with Gasteiger partial charge in [0, 0.05) is 39.1 Å². The summed E-state index contributed by atoms with van der Waals surface area (Å²) in [4.78, 5) is 28.9. The van der Waals surface area contributed by atoms with Crippen LogP contribution in [0.2, 0.25) is 0 Å². The number of alkyl halides is 3. The van der Waals surface area contributed by atoms with Crippen LogP contribution >= 0.6 is 0 Å². The van der Waals surface area contributed by atoms with Crippen molar-refractivity contribution in [3.8, 4) is 11.5 Å². The Hall–Kier alpha value is -4.86. The number of hydrogen-bond acceptors (Lipinski definition) is 10. The fourth-order valence-corrected chi connectivity index (χ4v) is 4.37. The lowest BCUT2D eigenvalue weighted by atomic mass is 10.2. The van der Waals surface area contributed by atoms with Crippen LogP contribution in [0.4, 0.5) is 13.2 Å². The number of hydrogen-bond donors (Lipinski definition) is 3. The second kappa shape index (κ2) is 13.0. The van der Waals surface area contributed by atoms with Gasteiger partial charge in [0.15, 0.2) is 17.2 Å². The van der Waals surface area contributed by atoms with Gasteiger partial charge in [-0.1, -0.05) is 11.3 Å². The van der Waals surface area contributed by atoms with Crippen LogP contribution in [0.15, 0.2) is 54.6 Å². The maximum absolute atomic E-state index is 12.9. The van der Waals surface area contributed by atoms with E-state index in [1.54, 1.807) is 18.4 Å². The van der Waals surface area contributed by atoms with Crippen LogP contribution in [0.3, 0.4) is 0 Å². The lowest BCUT2D eigenvalue weighted by Gasteiger charge is -2.24. The van der Waals surface area contributed by atoms with Crippen molar-refractivity contribution in [1.82, 2.24) is 46.2 Å². The molecule has 3 aromatic rings. The van der Waals surface area contributed by atoms with Crippen molar-refractivity contribution in [1.29, 1.82) is 0 Å². The maximum Gasteiger partial charge on any atom is 0.416 e. The number of nitrogens with zero attached hydrogens (tertiary/aromatic N) is 6. The zero-order chi connectivity index (χ0) is 30.4. The fraction of sp³-hybridized carbons (Fsp3) is 0.370. The summed E-state index contributed by atoms with van der Waals surface area (Å²) in [5.74, 6) is 0.541. The van der Waals surface area contributed by atoms with E-state index in [0.29, 0.717) is 56.5 Å². The van der Waals surface area contributed by atoms with E-state index in [0.717, 1.165) is 30.3 Å². The second-order valence-corrected chi connectivity index (χ2v) is 9.79. The summed E-state index contributed by atoms with van der Waals surface area (Å²) in [5.41, 5.74) is 3.62. The molecule has 0 unspecified atom stereocenters. The van der Waals surface area contributed by atoms with Gasteiger partial charge in [0.25, 0.3) is 11.8 Å². The van der Waals surface area contributed by atoms with Crippen LogP contribution in [-0.2, 0) is 30.6 Å². The fourth-order valence-electron chi connectivity index (χ4n) is 4.37. The molecule has 2 aliphatic heterocycles. The maximum atomic E-state index is 12.9.